The lowest BCUT2D eigenvalue weighted by molar-refractivity contribution is -0.139. The highest BCUT2D eigenvalue weighted by Crippen LogP contribution is 2.35. The molecule has 2 amide bonds. The summed E-state index contributed by atoms with van der Waals surface area (Å²) in [5.41, 5.74) is 2.97. The van der Waals surface area contributed by atoms with E-state index in [0.29, 0.717) is 47.6 Å². The van der Waals surface area contributed by atoms with Crippen LogP contribution >= 0.6 is 23.2 Å². The molecule has 10 nitrogen and oxygen atoms in total. The Kier molecular flexibility index (Phi) is 7.87. The van der Waals surface area contributed by atoms with Gasteiger partial charge in [-0.25, -0.2) is 23.2 Å². The number of halogens is 2. The summed E-state index contributed by atoms with van der Waals surface area (Å²) in [5.74, 6) is -1.77. The first kappa shape index (κ1) is 28.7. The Morgan fingerprint density at radius 3 is 2.61 bits per heavy atom. The summed E-state index contributed by atoms with van der Waals surface area (Å²) in [6.07, 6.45) is 3.27. The molecule has 1 aromatic heterocycles. The minimum Gasteiger partial charge on any atom is -0.480 e. The van der Waals surface area contributed by atoms with Crippen molar-refractivity contribution in [2.24, 2.45) is 4.99 Å². The van der Waals surface area contributed by atoms with Gasteiger partial charge in [-0.1, -0.05) is 41.4 Å². The monoisotopic (exact) mass is 614 g/mol. The van der Waals surface area contributed by atoms with Gasteiger partial charge in [0.25, 0.3) is 11.8 Å². The normalized spacial score (nSPS) is 15.0. The second kappa shape index (κ2) is 11.2. The molecule has 0 radical (unpaired) electrons. The van der Waals surface area contributed by atoms with Crippen molar-refractivity contribution in [2.45, 2.75) is 36.7 Å². The third-order valence-corrected chi connectivity index (χ3v) is 8.83. The van der Waals surface area contributed by atoms with Crippen LogP contribution in [0.25, 0.3) is 0 Å². The number of amides is 2. The molecule has 3 heterocycles. The zero-order chi connectivity index (χ0) is 29.5. The maximum atomic E-state index is 13.2. The Morgan fingerprint density at radius 1 is 1.12 bits per heavy atom. The van der Waals surface area contributed by atoms with E-state index in [-0.39, 0.29) is 39.4 Å². The van der Waals surface area contributed by atoms with Crippen molar-refractivity contribution in [3.8, 4) is 0 Å². The second-order valence-electron chi connectivity index (χ2n) is 9.87. The highest BCUT2D eigenvalue weighted by Gasteiger charge is 2.32. The molecule has 5 rings (SSSR count). The van der Waals surface area contributed by atoms with Crippen molar-refractivity contribution in [1.29, 1.82) is 0 Å². The number of carbonyl (C=O) groups is 3. The average molecular weight is 615 g/mol. The molecule has 0 saturated carbocycles. The SMILES string of the molecule is CS(=O)(=O)c1cccc(CC(NC(=O)c2c(Cl)cc3c(c2Cl)CCN(C(=O)C2=Nc4ncccc4C2)C3)C(=O)O)c1. The summed E-state index contributed by atoms with van der Waals surface area (Å²) < 4.78 is 23.8. The van der Waals surface area contributed by atoms with E-state index in [2.05, 4.69) is 15.3 Å². The Morgan fingerprint density at radius 2 is 1.90 bits per heavy atom. The van der Waals surface area contributed by atoms with Gasteiger partial charge in [-0.05, 0) is 47.4 Å². The fourth-order valence-electron chi connectivity index (χ4n) is 4.93. The van der Waals surface area contributed by atoms with Gasteiger partial charge in [0.15, 0.2) is 15.7 Å². The number of hydrogen-bond donors (Lipinski definition) is 2. The minimum atomic E-state index is -3.50. The number of fused-ring (bicyclic) bond motifs is 2. The van der Waals surface area contributed by atoms with Gasteiger partial charge in [-0.2, -0.15) is 0 Å². The smallest absolute Gasteiger partial charge is 0.326 e. The van der Waals surface area contributed by atoms with Crippen LogP contribution in [0.3, 0.4) is 0 Å². The maximum absolute atomic E-state index is 13.2. The van der Waals surface area contributed by atoms with E-state index in [4.69, 9.17) is 23.2 Å². The molecule has 0 saturated heterocycles. The van der Waals surface area contributed by atoms with Gasteiger partial charge in [0.2, 0.25) is 0 Å². The van der Waals surface area contributed by atoms with Crippen LogP contribution < -0.4 is 5.32 Å². The molecular formula is C28H24Cl2N4O6S. The molecule has 0 aliphatic carbocycles. The van der Waals surface area contributed by atoms with Gasteiger partial charge < -0.3 is 15.3 Å². The summed E-state index contributed by atoms with van der Waals surface area (Å²) in [5, 5.41) is 12.3. The molecule has 1 unspecified atom stereocenters. The summed E-state index contributed by atoms with van der Waals surface area (Å²) in [7, 11) is -3.50. The molecule has 2 aliphatic heterocycles. The van der Waals surface area contributed by atoms with Gasteiger partial charge in [-0.15, -0.1) is 0 Å². The van der Waals surface area contributed by atoms with Gasteiger partial charge in [0.05, 0.1) is 20.5 Å². The molecule has 0 fully saturated rings. The quantitative estimate of drug-likeness (QED) is 0.414. The predicted molar refractivity (Wildman–Crippen MR) is 153 cm³/mol. The van der Waals surface area contributed by atoms with Crippen LogP contribution in [0.2, 0.25) is 10.0 Å². The molecule has 212 valence electrons. The van der Waals surface area contributed by atoms with E-state index in [0.717, 1.165) is 11.8 Å². The number of carboxylic acid groups (broad SMARTS) is 1. The largest absolute Gasteiger partial charge is 0.480 e. The number of aromatic nitrogens is 1. The highest BCUT2D eigenvalue weighted by atomic mass is 35.5. The molecule has 2 aliphatic rings. The number of nitrogens with zero attached hydrogens (tertiary/aromatic N) is 3. The molecule has 2 aromatic carbocycles. The topological polar surface area (TPSA) is 146 Å². The summed E-state index contributed by atoms with van der Waals surface area (Å²) >= 11 is 13.1. The number of carbonyl (C=O) groups excluding carboxylic acids is 2. The van der Waals surface area contributed by atoms with Gasteiger partial charge >= 0.3 is 5.97 Å². The standard InChI is InChI=1S/C28H24Cl2N4O6S/c1-41(39,40)18-6-2-4-15(10-18)11-22(28(37)38)33-26(35)23-20(29)12-17-14-34(9-7-19(17)24(23)30)27(36)21-13-16-5-3-8-31-25(16)32-21/h2-6,8,10,12,22H,7,9,11,13-14H2,1H3,(H,33,35)(H,37,38). The molecule has 1 atom stereocenters. The van der Waals surface area contributed by atoms with Gasteiger partial charge in [0, 0.05) is 43.9 Å². The van der Waals surface area contributed by atoms with Crippen molar-refractivity contribution in [2.75, 3.05) is 12.8 Å². The lowest BCUT2D eigenvalue weighted by Gasteiger charge is -2.30. The third kappa shape index (κ3) is 5.97. The van der Waals surface area contributed by atoms with E-state index in [1.54, 1.807) is 29.3 Å². The fraction of sp³-hybridized carbons (Fsp3) is 0.250. The molecule has 2 N–H and O–H groups in total. The number of benzene rings is 2. The summed E-state index contributed by atoms with van der Waals surface area (Å²) in [6, 6.07) is 9.73. The van der Waals surface area contributed by atoms with E-state index in [1.807, 2.05) is 6.07 Å². The molecule has 41 heavy (non-hydrogen) atoms. The van der Waals surface area contributed by atoms with Crippen LogP contribution in [0.5, 0.6) is 0 Å². The Balaban J connectivity index is 1.33. The molecular weight excluding hydrogens is 591 g/mol. The van der Waals surface area contributed by atoms with Gasteiger partial charge in [0.1, 0.15) is 11.8 Å². The van der Waals surface area contributed by atoms with Crippen LogP contribution in [0.1, 0.15) is 32.6 Å². The summed E-state index contributed by atoms with van der Waals surface area (Å²) in [4.78, 5) is 48.7. The zero-order valence-electron chi connectivity index (χ0n) is 21.7. The first-order valence-corrected chi connectivity index (χ1v) is 15.2. The zero-order valence-corrected chi connectivity index (χ0v) is 24.1. The van der Waals surface area contributed by atoms with Crippen molar-refractivity contribution in [3.63, 3.8) is 0 Å². The first-order valence-electron chi connectivity index (χ1n) is 12.6. The predicted octanol–water partition coefficient (Wildman–Crippen LogP) is 3.43. The minimum absolute atomic E-state index is 0.0126. The van der Waals surface area contributed by atoms with Crippen LogP contribution in [0.4, 0.5) is 5.82 Å². The lowest BCUT2D eigenvalue weighted by atomic mass is 9.95. The third-order valence-electron chi connectivity index (χ3n) is 7.00. The molecule has 0 spiro atoms. The number of aliphatic imine (C=N–C) groups is 1. The van der Waals surface area contributed by atoms with Crippen LogP contribution in [0.15, 0.2) is 58.5 Å². The van der Waals surface area contributed by atoms with Crippen LogP contribution in [-0.2, 0) is 45.2 Å². The Bertz CT molecular complexity index is 1740. The van der Waals surface area contributed by atoms with Crippen LogP contribution in [-0.4, -0.2) is 65.7 Å². The summed E-state index contributed by atoms with van der Waals surface area (Å²) in [6.45, 7) is 0.554. The Labute approximate surface area is 245 Å². The van der Waals surface area contributed by atoms with Crippen molar-refractivity contribution >= 4 is 62.4 Å². The molecule has 0 bridgehead atoms. The number of pyridine rings is 1. The molecule has 13 heteroatoms. The van der Waals surface area contributed by atoms with Crippen molar-refractivity contribution in [1.82, 2.24) is 15.2 Å². The number of rotatable bonds is 7. The number of nitrogens with one attached hydrogen (secondary N) is 1. The first-order chi connectivity index (χ1) is 19.4. The van der Waals surface area contributed by atoms with Crippen LogP contribution in [0, 0.1) is 0 Å². The number of carboxylic acids is 1. The molecule has 3 aromatic rings. The van der Waals surface area contributed by atoms with E-state index in [9.17, 15) is 27.9 Å². The van der Waals surface area contributed by atoms with E-state index < -0.39 is 27.8 Å². The van der Waals surface area contributed by atoms with Gasteiger partial charge in [-0.3, -0.25) is 9.59 Å². The number of sulfone groups is 1. The lowest BCUT2D eigenvalue weighted by Crippen LogP contribution is -2.43. The maximum Gasteiger partial charge on any atom is 0.326 e. The number of aliphatic carboxylic acids is 1. The number of hydrogen-bond acceptors (Lipinski definition) is 7. The highest BCUT2D eigenvalue weighted by molar-refractivity contribution is 7.90. The van der Waals surface area contributed by atoms with Crippen molar-refractivity contribution in [3.05, 3.63) is 86.5 Å². The average Bonchev–Trinajstić information content (AvgIpc) is 3.36. The van der Waals surface area contributed by atoms with E-state index >= 15 is 0 Å². The Hall–Kier alpha value is -3.80. The second-order valence-corrected chi connectivity index (χ2v) is 12.7. The van der Waals surface area contributed by atoms with E-state index in [1.165, 1.54) is 18.2 Å². The van der Waals surface area contributed by atoms with Crippen molar-refractivity contribution < 1.29 is 27.9 Å². The fourth-order valence-corrected chi connectivity index (χ4v) is 6.38.